The first-order chi connectivity index (χ1) is 22.9. The van der Waals surface area contributed by atoms with Gasteiger partial charge in [0.05, 0.1) is 12.6 Å². The molecule has 2 aromatic carbocycles. The van der Waals surface area contributed by atoms with E-state index in [4.69, 9.17) is 11.5 Å². The number of ketones is 2. The van der Waals surface area contributed by atoms with Gasteiger partial charge in [0.25, 0.3) is 0 Å². The summed E-state index contributed by atoms with van der Waals surface area (Å²) >= 11 is 0. The number of carbonyl (C=O) groups excluding carboxylic acids is 3. The molecule has 2 atom stereocenters. The minimum absolute atomic E-state index is 0.0338. The van der Waals surface area contributed by atoms with E-state index in [-0.39, 0.29) is 40.8 Å². The van der Waals surface area contributed by atoms with Crippen LogP contribution in [0.25, 0.3) is 0 Å². The van der Waals surface area contributed by atoms with Crippen molar-refractivity contribution >= 4 is 17.5 Å². The number of benzene rings is 2. The molecule has 4 fully saturated rings. The van der Waals surface area contributed by atoms with Crippen LogP contribution in [0.3, 0.4) is 0 Å². The molecule has 0 unspecified atom stereocenters. The first-order valence-electron chi connectivity index (χ1n) is 18.8. The molecule has 0 heterocycles. The van der Waals surface area contributed by atoms with Gasteiger partial charge in [0.1, 0.15) is 5.78 Å². The van der Waals surface area contributed by atoms with E-state index < -0.39 is 6.04 Å². The van der Waals surface area contributed by atoms with Gasteiger partial charge in [-0.15, -0.1) is 0 Å². The summed E-state index contributed by atoms with van der Waals surface area (Å²) in [6.45, 7) is 7.70. The third kappa shape index (κ3) is 10.1. The van der Waals surface area contributed by atoms with Gasteiger partial charge in [-0.3, -0.25) is 14.4 Å². The smallest absolute Gasteiger partial charge is 0.223 e. The molecule has 48 heavy (non-hydrogen) atoms. The second kappa shape index (κ2) is 16.3. The number of Topliss-reactive ketones (excluding diaryl/α,β-unsaturated/α-hetero) is 2. The lowest BCUT2D eigenvalue weighted by Gasteiger charge is -2.57. The predicted octanol–water partition coefficient (Wildman–Crippen LogP) is 7.20. The molecule has 6 nitrogen and oxygen atoms in total. The monoisotopic (exact) mass is 655 g/mol. The number of rotatable bonds is 18. The first kappa shape index (κ1) is 36.5. The van der Waals surface area contributed by atoms with Gasteiger partial charge in [0.15, 0.2) is 5.78 Å². The molecule has 4 aliphatic carbocycles. The van der Waals surface area contributed by atoms with Crippen LogP contribution in [0.2, 0.25) is 0 Å². The molecule has 0 radical (unpaired) electrons. The van der Waals surface area contributed by atoms with Gasteiger partial charge in [0.2, 0.25) is 5.91 Å². The molecule has 0 spiro atoms. The van der Waals surface area contributed by atoms with Crippen molar-refractivity contribution in [2.75, 3.05) is 19.6 Å². The van der Waals surface area contributed by atoms with Crippen LogP contribution in [0, 0.1) is 29.1 Å². The number of nitrogens with two attached hydrogens (primary N) is 2. The highest BCUT2D eigenvalue weighted by atomic mass is 16.2. The van der Waals surface area contributed by atoms with Crippen molar-refractivity contribution in [3.8, 4) is 0 Å². The predicted molar refractivity (Wildman–Crippen MR) is 194 cm³/mol. The molecule has 6 rings (SSSR count). The zero-order valence-electron chi connectivity index (χ0n) is 29.9. The summed E-state index contributed by atoms with van der Waals surface area (Å²) in [6.07, 6.45) is 12.3. The van der Waals surface area contributed by atoms with Crippen molar-refractivity contribution in [3.05, 3.63) is 71.3 Å². The van der Waals surface area contributed by atoms with E-state index in [2.05, 4.69) is 57.2 Å². The summed E-state index contributed by atoms with van der Waals surface area (Å²) < 4.78 is 0. The normalized spacial score (nSPS) is 24.3. The highest BCUT2D eigenvalue weighted by Gasteiger charge is 2.51. The lowest BCUT2D eigenvalue weighted by atomic mass is 9.49. The number of carbonyl (C=O) groups is 3. The third-order valence-electron chi connectivity index (χ3n) is 11.6. The van der Waals surface area contributed by atoms with E-state index in [1.165, 1.54) is 24.8 Å². The molecule has 6 heteroatoms. The second-order valence-corrected chi connectivity index (χ2v) is 17.0. The zero-order valence-corrected chi connectivity index (χ0v) is 29.9. The molecule has 0 aromatic heterocycles. The van der Waals surface area contributed by atoms with E-state index in [1.807, 2.05) is 23.1 Å². The average Bonchev–Trinajstić information content (AvgIpc) is 3.03. The molecule has 4 saturated carbocycles. The van der Waals surface area contributed by atoms with Gasteiger partial charge in [-0.25, -0.2) is 0 Å². The Balaban J connectivity index is 1.31. The average molecular weight is 656 g/mol. The fraction of sp³-hybridized carbons (Fsp3) is 0.643. The molecular weight excluding hydrogens is 594 g/mol. The maximum atomic E-state index is 14.4. The number of hydrogen-bond acceptors (Lipinski definition) is 5. The van der Waals surface area contributed by atoms with Crippen LogP contribution in [-0.2, 0) is 32.6 Å². The highest BCUT2D eigenvalue weighted by Crippen LogP contribution is 2.61. The van der Waals surface area contributed by atoms with Gasteiger partial charge < -0.3 is 16.4 Å². The maximum Gasteiger partial charge on any atom is 0.223 e. The Hall–Kier alpha value is -2.83. The Bertz CT molecular complexity index is 1330. The fourth-order valence-electron chi connectivity index (χ4n) is 9.51. The lowest BCUT2D eigenvalue weighted by Crippen LogP contribution is -2.49. The van der Waals surface area contributed by atoms with Gasteiger partial charge >= 0.3 is 0 Å². The topological polar surface area (TPSA) is 106 Å². The minimum atomic E-state index is -0.530. The number of unbranched alkanes of at least 4 members (excludes halogenated alkanes) is 1. The summed E-state index contributed by atoms with van der Waals surface area (Å²) in [5, 5.41) is 0. The summed E-state index contributed by atoms with van der Waals surface area (Å²) in [6, 6.07) is 18.2. The van der Waals surface area contributed by atoms with Crippen molar-refractivity contribution in [3.63, 3.8) is 0 Å². The van der Waals surface area contributed by atoms with E-state index in [1.54, 1.807) is 0 Å². The van der Waals surface area contributed by atoms with Crippen molar-refractivity contribution in [1.29, 1.82) is 0 Å². The Morgan fingerprint density at radius 3 is 2.08 bits per heavy atom. The number of aryl methyl sites for hydroxylation is 1. The fourth-order valence-corrected chi connectivity index (χ4v) is 9.51. The molecule has 0 saturated heterocycles. The van der Waals surface area contributed by atoms with E-state index in [0.29, 0.717) is 51.6 Å². The van der Waals surface area contributed by atoms with Crippen molar-refractivity contribution in [2.45, 2.75) is 122 Å². The zero-order chi connectivity index (χ0) is 34.3. The molecule has 4 bridgehead atoms. The van der Waals surface area contributed by atoms with Gasteiger partial charge in [-0.2, -0.15) is 0 Å². The SMILES string of the molecule is CC(C)(C)c1ccc(CCC(=O)CN(C[C@@H](CC(=O)[C@@H](N)CCCCN)Cc2ccccc2)C(=O)CC23CC4CC(CC(C4)C2)C3)cc1. The largest absolute Gasteiger partial charge is 0.335 e. The van der Waals surface area contributed by atoms with E-state index in [9.17, 15) is 14.4 Å². The summed E-state index contributed by atoms with van der Waals surface area (Å²) in [5.74, 6) is 2.37. The highest BCUT2D eigenvalue weighted by molar-refractivity contribution is 5.87. The Labute approximate surface area is 289 Å². The maximum absolute atomic E-state index is 14.4. The molecule has 4 aliphatic rings. The minimum Gasteiger partial charge on any atom is -0.335 e. The second-order valence-electron chi connectivity index (χ2n) is 17.0. The van der Waals surface area contributed by atoms with Crippen molar-refractivity contribution in [2.24, 2.45) is 40.6 Å². The Kier molecular flexibility index (Phi) is 12.3. The van der Waals surface area contributed by atoms with Crippen LogP contribution in [0.15, 0.2) is 54.6 Å². The van der Waals surface area contributed by atoms with Crippen LogP contribution < -0.4 is 11.5 Å². The van der Waals surface area contributed by atoms with Crippen molar-refractivity contribution < 1.29 is 14.4 Å². The first-order valence-corrected chi connectivity index (χ1v) is 18.8. The molecule has 1 amide bonds. The number of amides is 1. The number of nitrogens with zero attached hydrogens (tertiary/aromatic N) is 1. The van der Waals surface area contributed by atoms with Gasteiger partial charge in [-0.05, 0) is 122 Å². The van der Waals surface area contributed by atoms with Crippen LogP contribution in [0.4, 0.5) is 0 Å². The molecule has 0 aliphatic heterocycles. The summed E-state index contributed by atoms with van der Waals surface area (Å²) in [5.41, 5.74) is 15.7. The summed E-state index contributed by atoms with van der Waals surface area (Å²) in [4.78, 5) is 43.3. The van der Waals surface area contributed by atoms with Crippen LogP contribution in [0.1, 0.15) is 115 Å². The van der Waals surface area contributed by atoms with Crippen LogP contribution in [-0.4, -0.2) is 48.0 Å². The third-order valence-corrected chi connectivity index (χ3v) is 11.6. The summed E-state index contributed by atoms with van der Waals surface area (Å²) in [7, 11) is 0. The van der Waals surface area contributed by atoms with E-state index >= 15 is 0 Å². The van der Waals surface area contributed by atoms with Gasteiger partial charge in [0, 0.05) is 25.8 Å². The van der Waals surface area contributed by atoms with Gasteiger partial charge in [-0.1, -0.05) is 81.8 Å². The molecule has 4 N–H and O–H groups in total. The standard InChI is InChI=1S/C42H61N3O3/c1-41(2,3)36-15-12-30(13-16-36)14-17-37(46)29-45(40(48)27-42-24-32-20-33(25-42)22-34(21-32)26-42)28-35(19-31-9-5-4-6-10-31)23-39(47)38(44)11-7-8-18-43/h4-6,9-10,12-13,15-16,32-35,38H,7-8,11,14,17-29,43-44H2,1-3H3/t32?,33?,34?,35-,38+,42?/m1/s1. The number of hydrogen-bond donors (Lipinski definition) is 2. The molecule has 262 valence electrons. The Morgan fingerprint density at radius 1 is 0.875 bits per heavy atom. The van der Waals surface area contributed by atoms with Crippen molar-refractivity contribution in [1.82, 2.24) is 4.90 Å². The quantitative estimate of drug-likeness (QED) is 0.165. The Morgan fingerprint density at radius 2 is 1.50 bits per heavy atom. The lowest BCUT2D eigenvalue weighted by molar-refractivity contribution is -0.143. The van der Waals surface area contributed by atoms with Crippen LogP contribution >= 0.6 is 0 Å². The molecular formula is C42H61N3O3. The van der Waals surface area contributed by atoms with Crippen LogP contribution in [0.5, 0.6) is 0 Å². The van der Waals surface area contributed by atoms with E-state index in [0.717, 1.165) is 61.0 Å². The molecule has 2 aromatic rings.